The Morgan fingerprint density at radius 3 is 2.35 bits per heavy atom. The van der Waals surface area contributed by atoms with Gasteiger partial charge in [0.25, 0.3) is 0 Å². The highest BCUT2D eigenvalue weighted by molar-refractivity contribution is 8.76. The van der Waals surface area contributed by atoms with E-state index in [2.05, 4.69) is 5.10 Å². The molecule has 0 spiro atoms. The molecule has 0 radical (unpaired) electrons. The lowest BCUT2D eigenvalue weighted by Gasteiger charge is -2.11. The topological polar surface area (TPSA) is 32.7 Å². The number of halogens is 2. The molecule has 3 nitrogen and oxygen atoms in total. The molecule has 0 aliphatic carbocycles. The number of hydrogen-bond acceptors (Lipinski definition) is 3. The van der Waals surface area contributed by atoms with E-state index in [0.717, 1.165) is 5.56 Å². The van der Waals surface area contributed by atoms with Gasteiger partial charge >= 0.3 is 0 Å². The number of nitrogens with zero attached hydrogens (tertiary/aromatic N) is 2. The minimum Gasteiger partial charge on any atom is -0.222 e. The summed E-state index contributed by atoms with van der Waals surface area (Å²) in [5.74, 6) is 0. The molecule has 1 aliphatic rings. The summed E-state index contributed by atoms with van der Waals surface area (Å²) in [4.78, 5) is 0. The highest BCUT2D eigenvalue weighted by Crippen LogP contribution is 2.35. The van der Waals surface area contributed by atoms with Gasteiger partial charge in [-0.1, -0.05) is 53.5 Å². The van der Waals surface area contributed by atoms with Gasteiger partial charge < -0.3 is 0 Å². The lowest BCUT2D eigenvalue weighted by molar-refractivity contribution is 0.690. The van der Waals surface area contributed by atoms with E-state index in [9.17, 15) is 4.21 Å². The molecule has 102 valence electrons. The Hall–Kier alpha value is -1.01. The fourth-order valence-electron chi connectivity index (χ4n) is 1.72. The van der Waals surface area contributed by atoms with Crippen molar-refractivity contribution in [3.05, 3.63) is 64.1 Å². The van der Waals surface area contributed by atoms with Crippen molar-refractivity contribution in [2.45, 2.75) is 0 Å². The fourth-order valence-corrected chi connectivity index (χ4v) is 4.62. The van der Waals surface area contributed by atoms with Gasteiger partial charge in [-0.3, -0.25) is 0 Å². The van der Waals surface area contributed by atoms with Crippen molar-refractivity contribution in [3.8, 4) is 0 Å². The normalized spacial score (nSPS) is 18.2. The molecule has 0 N–H and O–H groups in total. The second-order valence-electron chi connectivity index (χ2n) is 3.97. The van der Waals surface area contributed by atoms with Gasteiger partial charge in [0.2, 0.25) is 10.0 Å². The highest BCUT2D eigenvalue weighted by Gasteiger charge is 2.26. The average molecular weight is 343 g/mol. The van der Waals surface area contributed by atoms with Crippen LogP contribution in [0.2, 0.25) is 10.0 Å². The van der Waals surface area contributed by atoms with Gasteiger partial charge in [0.15, 0.2) is 0 Å². The number of benzene rings is 2. The van der Waals surface area contributed by atoms with Crippen LogP contribution in [0.25, 0.3) is 0 Å². The van der Waals surface area contributed by atoms with Gasteiger partial charge in [0.05, 0.1) is 5.69 Å². The smallest absolute Gasteiger partial charge is 0.209 e. The summed E-state index contributed by atoms with van der Waals surface area (Å²) in [6, 6.07) is 14.6. The van der Waals surface area contributed by atoms with Gasteiger partial charge in [-0.05, 0) is 18.2 Å². The van der Waals surface area contributed by atoms with Crippen molar-refractivity contribution in [2.24, 2.45) is 5.10 Å². The molecule has 0 bridgehead atoms. The molecule has 0 fully saturated rings. The van der Waals surface area contributed by atoms with Crippen LogP contribution in [-0.4, -0.2) is 9.25 Å². The van der Waals surface area contributed by atoms with Crippen molar-refractivity contribution >= 4 is 54.7 Å². The van der Waals surface area contributed by atoms with Crippen LogP contribution in [-0.2, 0) is 10.0 Å². The minimum atomic E-state index is -1.33. The van der Waals surface area contributed by atoms with E-state index in [1.807, 2.05) is 30.3 Å². The first-order valence-corrected chi connectivity index (χ1v) is 8.83. The SMILES string of the molecule is O=S1SC(c2ccccc2)=NN1c1cc(Cl)cc(Cl)c1. The molecular weight excluding hydrogens is 335 g/mol. The van der Waals surface area contributed by atoms with Gasteiger partial charge in [-0.2, -0.15) is 9.52 Å². The van der Waals surface area contributed by atoms with Gasteiger partial charge in [-0.15, -0.1) is 0 Å². The monoisotopic (exact) mass is 342 g/mol. The molecule has 1 unspecified atom stereocenters. The molecule has 1 atom stereocenters. The number of anilines is 1. The zero-order valence-electron chi connectivity index (χ0n) is 9.99. The third kappa shape index (κ3) is 2.86. The van der Waals surface area contributed by atoms with E-state index >= 15 is 0 Å². The summed E-state index contributed by atoms with van der Waals surface area (Å²) in [5, 5.41) is 6.06. The minimum absolute atomic E-state index is 0.484. The summed E-state index contributed by atoms with van der Waals surface area (Å²) >= 11 is 11.9. The van der Waals surface area contributed by atoms with Crippen LogP contribution in [0, 0.1) is 0 Å². The van der Waals surface area contributed by atoms with Crippen molar-refractivity contribution < 1.29 is 4.21 Å². The largest absolute Gasteiger partial charge is 0.222 e. The maximum absolute atomic E-state index is 12.2. The lowest BCUT2D eigenvalue weighted by Crippen LogP contribution is -2.11. The van der Waals surface area contributed by atoms with E-state index in [0.29, 0.717) is 20.8 Å². The summed E-state index contributed by atoms with van der Waals surface area (Å²) in [5.41, 5.74) is 1.54. The first-order chi connectivity index (χ1) is 9.63. The molecular formula is C13H8Cl2N2OS2. The molecule has 7 heteroatoms. The van der Waals surface area contributed by atoms with Crippen molar-refractivity contribution in [1.29, 1.82) is 0 Å². The van der Waals surface area contributed by atoms with Gasteiger partial charge in [0, 0.05) is 26.4 Å². The van der Waals surface area contributed by atoms with Crippen LogP contribution < -0.4 is 4.41 Å². The van der Waals surface area contributed by atoms with Crippen molar-refractivity contribution in [3.63, 3.8) is 0 Å². The van der Waals surface area contributed by atoms with Crippen molar-refractivity contribution in [1.82, 2.24) is 0 Å². The Morgan fingerprint density at radius 2 is 1.70 bits per heavy atom. The second-order valence-corrected chi connectivity index (χ2v) is 7.53. The van der Waals surface area contributed by atoms with E-state index in [-0.39, 0.29) is 0 Å². The molecule has 0 aromatic heterocycles. The summed E-state index contributed by atoms with van der Waals surface area (Å²) < 4.78 is 13.6. The molecule has 2 aromatic carbocycles. The molecule has 0 saturated heterocycles. The molecule has 0 amide bonds. The Bertz CT molecular complexity index is 687. The predicted molar refractivity (Wildman–Crippen MR) is 87.7 cm³/mol. The Morgan fingerprint density at radius 1 is 1.05 bits per heavy atom. The maximum atomic E-state index is 12.2. The third-order valence-electron chi connectivity index (χ3n) is 2.56. The fraction of sp³-hybridized carbons (Fsp3) is 0. The molecule has 1 aliphatic heterocycles. The molecule has 1 heterocycles. The van der Waals surface area contributed by atoms with Crippen LogP contribution in [0.3, 0.4) is 0 Å². The second kappa shape index (κ2) is 5.77. The molecule has 2 aromatic rings. The van der Waals surface area contributed by atoms with Crippen LogP contribution in [0.15, 0.2) is 53.6 Å². The van der Waals surface area contributed by atoms with Crippen LogP contribution >= 0.6 is 34.0 Å². The van der Waals surface area contributed by atoms with Gasteiger partial charge in [0.1, 0.15) is 5.04 Å². The van der Waals surface area contributed by atoms with E-state index in [4.69, 9.17) is 23.2 Å². The lowest BCUT2D eigenvalue weighted by atomic mass is 10.2. The molecule has 0 saturated carbocycles. The summed E-state index contributed by atoms with van der Waals surface area (Å²) in [6.07, 6.45) is 0. The number of rotatable bonds is 2. The predicted octanol–water partition coefficient (Wildman–Crippen LogP) is 4.49. The first kappa shape index (κ1) is 13.9. The number of hydrogen-bond donors (Lipinski definition) is 0. The number of hydrazone groups is 1. The Balaban J connectivity index is 1.98. The zero-order chi connectivity index (χ0) is 14.1. The maximum Gasteiger partial charge on any atom is 0.209 e. The van der Waals surface area contributed by atoms with Crippen molar-refractivity contribution in [2.75, 3.05) is 4.41 Å². The summed E-state index contributed by atoms with van der Waals surface area (Å²) in [7, 11) is -0.134. The van der Waals surface area contributed by atoms with Crippen LogP contribution in [0.5, 0.6) is 0 Å². The quantitative estimate of drug-likeness (QED) is 0.753. The Labute approximate surface area is 132 Å². The Kier molecular flexibility index (Phi) is 4.03. The van der Waals surface area contributed by atoms with Crippen LogP contribution in [0.4, 0.5) is 5.69 Å². The van der Waals surface area contributed by atoms with Crippen LogP contribution in [0.1, 0.15) is 5.56 Å². The van der Waals surface area contributed by atoms with E-state index in [1.165, 1.54) is 15.2 Å². The molecule has 3 rings (SSSR count). The summed E-state index contributed by atoms with van der Waals surface area (Å²) in [6.45, 7) is 0. The highest BCUT2D eigenvalue weighted by atomic mass is 35.5. The van der Waals surface area contributed by atoms with Gasteiger partial charge in [-0.25, -0.2) is 4.21 Å². The average Bonchev–Trinajstić information content (AvgIpc) is 2.81. The standard InChI is InChI=1S/C13H8Cl2N2OS2/c14-10-6-11(15)8-12(7-10)17-16-13(19-20(17)18)9-4-2-1-3-5-9/h1-8H. The first-order valence-electron chi connectivity index (χ1n) is 5.64. The van der Waals surface area contributed by atoms with E-state index in [1.54, 1.807) is 18.2 Å². The van der Waals surface area contributed by atoms with E-state index < -0.39 is 10.0 Å². The zero-order valence-corrected chi connectivity index (χ0v) is 13.1. The molecule has 20 heavy (non-hydrogen) atoms. The third-order valence-corrected chi connectivity index (χ3v) is 5.52.